The van der Waals surface area contributed by atoms with E-state index < -0.39 is 4.92 Å². The Morgan fingerprint density at radius 1 is 1.44 bits per heavy atom. The molecule has 0 aliphatic carbocycles. The van der Waals surface area contributed by atoms with Crippen LogP contribution in [0, 0.1) is 10.1 Å². The summed E-state index contributed by atoms with van der Waals surface area (Å²) in [5.74, 6) is 0.314. The first kappa shape index (κ1) is 14.6. The lowest BCUT2D eigenvalue weighted by Gasteiger charge is -2.09. The molecule has 0 spiro atoms. The van der Waals surface area contributed by atoms with E-state index in [-0.39, 0.29) is 18.9 Å². The summed E-state index contributed by atoms with van der Waals surface area (Å²) in [5, 5.41) is 19.4. The fourth-order valence-corrected chi connectivity index (χ4v) is 0.843. The third-order valence-corrected chi connectivity index (χ3v) is 1.83. The minimum atomic E-state index is -0.510. The summed E-state index contributed by atoms with van der Waals surface area (Å²) >= 11 is 0. The van der Waals surface area contributed by atoms with Crippen LogP contribution in [0.3, 0.4) is 0 Å². The van der Waals surface area contributed by atoms with Gasteiger partial charge in [-0.3, -0.25) is 10.1 Å². The van der Waals surface area contributed by atoms with Gasteiger partial charge in [0.25, 0.3) is 0 Å². The van der Waals surface area contributed by atoms with E-state index in [9.17, 15) is 10.1 Å². The highest BCUT2D eigenvalue weighted by Gasteiger charge is 2.07. The molecule has 0 heterocycles. The van der Waals surface area contributed by atoms with Gasteiger partial charge in [-0.15, -0.1) is 0 Å². The Morgan fingerprint density at radius 3 is 2.50 bits per heavy atom. The van der Waals surface area contributed by atoms with Crippen molar-refractivity contribution in [3.8, 4) is 0 Å². The number of nitrogens with zero attached hydrogens (tertiary/aromatic N) is 1. The second-order valence-corrected chi connectivity index (χ2v) is 3.19. The number of rotatable bonds is 7. The predicted molar refractivity (Wildman–Crippen MR) is 58.4 cm³/mol. The molecule has 0 saturated carbocycles. The lowest BCUT2D eigenvalue weighted by Crippen LogP contribution is -2.05. The predicted octanol–water partition coefficient (Wildman–Crippen LogP) is 1.10. The molecule has 0 saturated heterocycles. The molecule has 0 aliphatic rings. The Balaban J connectivity index is 4.70. The topological polar surface area (TPSA) is 81.8 Å². The van der Waals surface area contributed by atoms with Crippen molar-refractivity contribution in [2.75, 3.05) is 26.9 Å². The van der Waals surface area contributed by atoms with Gasteiger partial charge < -0.3 is 14.6 Å². The van der Waals surface area contributed by atoms with Crippen LogP contribution in [0.25, 0.3) is 0 Å². The van der Waals surface area contributed by atoms with E-state index in [1.807, 2.05) is 0 Å². The van der Waals surface area contributed by atoms with Gasteiger partial charge in [-0.1, -0.05) is 0 Å². The number of hydrogen-bond donors (Lipinski definition) is 1. The Labute approximate surface area is 94.3 Å². The van der Waals surface area contributed by atoms with Crippen LogP contribution in [0.5, 0.6) is 0 Å². The second kappa shape index (κ2) is 7.84. The molecule has 0 amide bonds. The molecule has 0 fully saturated rings. The normalized spacial score (nSPS) is 13.4. The van der Waals surface area contributed by atoms with Gasteiger partial charge in [-0.05, 0) is 12.5 Å². The first-order chi connectivity index (χ1) is 7.52. The Morgan fingerprint density at radius 2 is 2.06 bits per heavy atom. The smallest absolute Gasteiger partial charge is 0.246 e. The van der Waals surface area contributed by atoms with E-state index in [2.05, 4.69) is 0 Å². The van der Waals surface area contributed by atoms with Gasteiger partial charge in [-0.2, -0.15) is 0 Å². The van der Waals surface area contributed by atoms with Crippen molar-refractivity contribution in [2.24, 2.45) is 0 Å². The van der Waals surface area contributed by atoms with Crippen LogP contribution in [0.2, 0.25) is 0 Å². The molecule has 6 heteroatoms. The van der Waals surface area contributed by atoms with E-state index in [0.717, 1.165) is 0 Å². The summed E-state index contributed by atoms with van der Waals surface area (Å²) in [6, 6.07) is 0. The van der Waals surface area contributed by atoms with Gasteiger partial charge in [0, 0.05) is 14.0 Å². The zero-order valence-electron chi connectivity index (χ0n) is 9.73. The average Bonchev–Trinajstić information content (AvgIpc) is 2.26. The van der Waals surface area contributed by atoms with Crippen molar-refractivity contribution in [2.45, 2.75) is 13.8 Å². The molecular weight excluding hydrogens is 214 g/mol. The van der Waals surface area contributed by atoms with E-state index >= 15 is 0 Å². The highest BCUT2D eigenvalue weighted by molar-refractivity contribution is 5.20. The van der Waals surface area contributed by atoms with Crippen molar-refractivity contribution in [1.29, 1.82) is 0 Å². The van der Waals surface area contributed by atoms with E-state index in [0.29, 0.717) is 17.9 Å². The molecule has 0 atom stereocenters. The molecule has 0 rings (SSSR count). The molecule has 0 aromatic rings. The maximum absolute atomic E-state index is 10.4. The van der Waals surface area contributed by atoms with Crippen molar-refractivity contribution in [3.05, 3.63) is 33.2 Å². The minimum Gasteiger partial charge on any atom is -0.491 e. The van der Waals surface area contributed by atoms with Crippen LogP contribution >= 0.6 is 0 Å². The van der Waals surface area contributed by atoms with Crippen LogP contribution < -0.4 is 0 Å². The summed E-state index contributed by atoms with van der Waals surface area (Å²) in [7, 11) is 1.53. The summed E-state index contributed by atoms with van der Waals surface area (Å²) in [6.07, 6.45) is 1.29. The first-order valence-corrected chi connectivity index (χ1v) is 4.78. The molecule has 16 heavy (non-hydrogen) atoms. The standard InChI is InChI=1S/C10H17NO5/c1-8(7-12)10(16-5-4-15-3)6-9(2)11(13)14/h6,12H,4-5,7H2,1-3H3/b9-6+,10-8-. The number of aliphatic hydroxyl groups is 1. The summed E-state index contributed by atoms with van der Waals surface area (Å²) < 4.78 is 10.1. The number of allylic oxidation sites excluding steroid dienone is 2. The molecule has 6 nitrogen and oxygen atoms in total. The number of aliphatic hydroxyl groups excluding tert-OH is 1. The summed E-state index contributed by atoms with van der Waals surface area (Å²) in [4.78, 5) is 9.94. The lowest BCUT2D eigenvalue weighted by molar-refractivity contribution is -0.424. The number of methoxy groups -OCH3 is 1. The second-order valence-electron chi connectivity index (χ2n) is 3.19. The lowest BCUT2D eigenvalue weighted by atomic mass is 10.2. The number of nitro groups is 1. The zero-order chi connectivity index (χ0) is 12.6. The molecule has 0 aromatic carbocycles. The molecule has 0 aromatic heterocycles. The maximum atomic E-state index is 10.4. The Hall–Kier alpha value is -1.40. The van der Waals surface area contributed by atoms with Gasteiger partial charge >= 0.3 is 0 Å². The van der Waals surface area contributed by atoms with Gasteiger partial charge in [0.05, 0.1) is 24.2 Å². The van der Waals surface area contributed by atoms with Gasteiger partial charge in [0.15, 0.2) is 0 Å². The summed E-state index contributed by atoms with van der Waals surface area (Å²) in [6.45, 7) is 3.47. The monoisotopic (exact) mass is 231 g/mol. The van der Waals surface area contributed by atoms with Crippen LogP contribution in [0.15, 0.2) is 23.1 Å². The molecule has 1 N–H and O–H groups in total. The van der Waals surface area contributed by atoms with Gasteiger partial charge in [0.2, 0.25) is 5.70 Å². The third-order valence-electron chi connectivity index (χ3n) is 1.83. The van der Waals surface area contributed by atoms with Crippen LogP contribution in [-0.2, 0) is 9.47 Å². The zero-order valence-corrected chi connectivity index (χ0v) is 9.73. The third kappa shape index (κ3) is 5.47. The molecular formula is C10H17NO5. The fraction of sp³-hybridized carbons (Fsp3) is 0.600. The molecule has 0 bridgehead atoms. The molecule has 0 aliphatic heterocycles. The average molecular weight is 231 g/mol. The Kier molecular flexibility index (Phi) is 7.15. The van der Waals surface area contributed by atoms with Crippen molar-refractivity contribution < 1.29 is 19.5 Å². The van der Waals surface area contributed by atoms with E-state index in [1.165, 1.54) is 20.1 Å². The first-order valence-electron chi connectivity index (χ1n) is 4.78. The summed E-state index contributed by atoms with van der Waals surface area (Å²) in [5.41, 5.74) is 0.498. The number of ether oxygens (including phenoxy) is 2. The van der Waals surface area contributed by atoms with Crippen molar-refractivity contribution in [3.63, 3.8) is 0 Å². The van der Waals surface area contributed by atoms with Gasteiger partial charge in [0.1, 0.15) is 12.4 Å². The minimum absolute atomic E-state index is 0.0415. The van der Waals surface area contributed by atoms with Crippen molar-refractivity contribution >= 4 is 0 Å². The SMILES string of the molecule is COCCOC(/C=C(\C)[N+](=O)[O-])=C(/C)CO. The van der Waals surface area contributed by atoms with Crippen LogP contribution in [0.1, 0.15) is 13.8 Å². The van der Waals surface area contributed by atoms with Crippen molar-refractivity contribution in [1.82, 2.24) is 0 Å². The molecule has 0 unspecified atom stereocenters. The molecule has 92 valence electrons. The van der Waals surface area contributed by atoms with Gasteiger partial charge in [-0.25, -0.2) is 0 Å². The highest BCUT2D eigenvalue weighted by Crippen LogP contribution is 2.10. The van der Waals surface area contributed by atoms with E-state index in [4.69, 9.17) is 14.6 Å². The quantitative estimate of drug-likeness (QED) is 0.233. The van der Waals surface area contributed by atoms with E-state index in [1.54, 1.807) is 6.92 Å². The van der Waals surface area contributed by atoms with Crippen LogP contribution in [0.4, 0.5) is 0 Å². The fourth-order valence-electron chi connectivity index (χ4n) is 0.843. The largest absolute Gasteiger partial charge is 0.491 e. The molecule has 0 radical (unpaired) electrons. The maximum Gasteiger partial charge on any atom is 0.246 e. The van der Waals surface area contributed by atoms with Crippen LogP contribution in [-0.4, -0.2) is 37.0 Å². The number of hydrogen-bond acceptors (Lipinski definition) is 5. The highest BCUT2D eigenvalue weighted by atomic mass is 16.6. The Bertz CT molecular complexity index is 296.